The first-order valence-electron chi connectivity index (χ1n) is 7.37. The summed E-state index contributed by atoms with van der Waals surface area (Å²) in [5.41, 5.74) is 1.04. The topological polar surface area (TPSA) is 57.6 Å². The summed E-state index contributed by atoms with van der Waals surface area (Å²) in [7, 11) is -3.48. The summed E-state index contributed by atoms with van der Waals surface area (Å²) in [4.78, 5) is 0.325. The molecular formula is C15H22ClNO3S. The quantitative estimate of drug-likeness (QED) is 0.744. The molecule has 1 aliphatic rings. The van der Waals surface area contributed by atoms with Crippen molar-refractivity contribution < 1.29 is 13.5 Å². The lowest BCUT2D eigenvalue weighted by Gasteiger charge is -2.36. The number of nitrogens with zero attached hydrogens (tertiary/aromatic N) is 1. The lowest BCUT2D eigenvalue weighted by molar-refractivity contribution is 0.198. The normalized spacial score (nSPS) is 16.1. The van der Waals surface area contributed by atoms with E-state index in [1.165, 1.54) is 0 Å². The summed E-state index contributed by atoms with van der Waals surface area (Å²) >= 11 is 5.69. The van der Waals surface area contributed by atoms with E-state index in [4.69, 9.17) is 16.7 Å². The summed E-state index contributed by atoms with van der Waals surface area (Å²) in [5, 5.41) is 8.99. The highest BCUT2D eigenvalue weighted by atomic mass is 35.5. The Hall–Kier alpha value is -0.620. The Bertz CT molecular complexity index is 541. The van der Waals surface area contributed by atoms with Gasteiger partial charge in [0, 0.05) is 25.1 Å². The Morgan fingerprint density at radius 1 is 1.24 bits per heavy atom. The van der Waals surface area contributed by atoms with Gasteiger partial charge in [-0.3, -0.25) is 0 Å². The molecule has 1 N–H and O–H groups in total. The summed E-state index contributed by atoms with van der Waals surface area (Å²) in [6.45, 7) is 0.389. The SMILES string of the molecule is O=S(=O)(c1ccc(CCCl)cc1)N(CCCO)C1CCC1. The smallest absolute Gasteiger partial charge is 0.243 e. The average Bonchev–Trinajstić information content (AvgIpc) is 2.42. The van der Waals surface area contributed by atoms with E-state index >= 15 is 0 Å². The van der Waals surface area contributed by atoms with Gasteiger partial charge in [0.15, 0.2) is 0 Å². The fourth-order valence-electron chi connectivity index (χ4n) is 2.47. The van der Waals surface area contributed by atoms with Gasteiger partial charge in [0.2, 0.25) is 10.0 Å². The maximum Gasteiger partial charge on any atom is 0.243 e. The molecule has 0 amide bonds. The Morgan fingerprint density at radius 2 is 1.90 bits per heavy atom. The number of hydrogen-bond acceptors (Lipinski definition) is 3. The van der Waals surface area contributed by atoms with Crippen molar-refractivity contribution in [1.29, 1.82) is 0 Å². The van der Waals surface area contributed by atoms with Crippen molar-refractivity contribution >= 4 is 21.6 Å². The lowest BCUT2D eigenvalue weighted by atomic mass is 9.93. The van der Waals surface area contributed by atoms with Gasteiger partial charge in [0.25, 0.3) is 0 Å². The predicted octanol–water partition coefficient (Wildman–Crippen LogP) is 2.39. The summed E-state index contributed by atoms with van der Waals surface area (Å²) < 4.78 is 27.1. The third kappa shape index (κ3) is 3.97. The Balaban J connectivity index is 2.20. The molecule has 0 heterocycles. The molecule has 2 rings (SSSR count). The molecule has 1 aromatic carbocycles. The second-order valence-electron chi connectivity index (χ2n) is 5.36. The molecule has 0 unspecified atom stereocenters. The van der Waals surface area contributed by atoms with Crippen molar-refractivity contribution in [2.24, 2.45) is 0 Å². The van der Waals surface area contributed by atoms with Crippen LogP contribution in [-0.2, 0) is 16.4 Å². The molecule has 0 atom stereocenters. The van der Waals surface area contributed by atoms with Gasteiger partial charge in [-0.25, -0.2) is 8.42 Å². The van der Waals surface area contributed by atoms with Gasteiger partial charge in [0.1, 0.15) is 0 Å². The second kappa shape index (κ2) is 7.58. The van der Waals surface area contributed by atoms with Crippen LogP contribution in [0.15, 0.2) is 29.2 Å². The first kappa shape index (κ1) is 16.7. The zero-order chi connectivity index (χ0) is 15.3. The van der Waals surface area contributed by atoms with E-state index in [-0.39, 0.29) is 12.6 Å². The molecule has 0 aromatic heterocycles. The van der Waals surface area contributed by atoms with Crippen LogP contribution in [0, 0.1) is 0 Å². The maximum absolute atomic E-state index is 12.8. The number of alkyl halides is 1. The van der Waals surface area contributed by atoms with Gasteiger partial charge in [-0.2, -0.15) is 4.31 Å². The molecule has 0 radical (unpaired) electrons. The van der Waals surface area contributed by atoms with Gasteiger partial charge < -0.3 is 5.11 Å². The monoisotopic (exact) mass is 331 g/mol. The van der Waals surface area contributed by atoms with Crippen molar-refractivity contribution in [3.8, 4) is 0 Å². The Labute approximate surface area is 131 Å². The Kier molecular flexibility index (Phi) is 6.05. The van der Waals surface area contributed by atoms with E-state index < -0.39 is 10.0 Å². The number of benzene rings is 1. The summed E-state index contributed by atoms with van der Waals surface area (Å²) in [5.74, 6) is 0.525. The van der Waals surface area contributed by atoms with Crippen molar-refractivity contribution in [2.45, 2.75) is 43.0 Å². The van der Waals surface area contributed by atoms with Crippen LogP contribution in [-0.4, -0.2) is 42.9 Å². The number of aryl methyl sites for hydroxylation is 1. The number of rotatable bonds is 8. The van der Waals surface area contributed by atoms with Crippen LogP contribution >= 0.6 is 11.6 Å². The van der Waals surface area contributed by atoms with Crippen molar-refractivity contribution in [3.63, 3.8) is 0 Å². The zero-order valence-corrected chi connectivity index (χ0v) is 13.6. The van der Waals surface area contributed by atoms with Crippen LogP contribution in [0.3, 0.4) is 0 Å². The van der Waals surface area contributed by atoms with Gasteiger partial charge in [0.05, 0.1) is 4.90 Å². The standard InChI is InChI=1S/C15H22ClNO3S/c16-10-9-13-5-7-15(8-6-13)21(19,20)17(11-2-12-18)14-3-1-4-14/h5-8,14,18H,1-4,9-12H2. The van der Waals surface area contributed by atoms with Crippen LogP contribution in [0.2, 0.25) is 0 Å². The highest BCUT2D eigenvalue weighted by molar-refractivity contribution is 7.89. The fourth-order valence-corrected chi connectivity index (χ4v) is 4.41. The van der Waals surface area contributed by atoms with Gasteiger partial charge >= 0.3 is 0 Å². The Morgan fingerprint density at radius 3 is 2.38 bits per heavy atom. The minimum absolute atomic E-state index is 0.00734. The molecule has 1 fully saturated rings. The minimum atomic E-state index is -3.48. The molecular weight excluding hydrogens is 310 g/mol. The van der Waals surface area contributed by atoms with E-state index in [0.717, 1.165) is 31.2 Å². The second-order valence-corrected chi connectivity index (χ2v) is 7.63. The van der Waals surface area contributed by atoms with Gasteiger partial charge in [-0.15, -0.1) is 11.6 Å². The zero-order valence-electron chi connectivity index (χ0n) is 12.0. The predicted molar refractivity (Wildman–Crippen MR) is 84.1 cm³/mol. The van der Waals surface area contributed by atoms with Crippen molar-refractivity contribution in [2.75, 3.05) is 19.0 Å². The molecule has 21 heavy (non-hydrogen) atoms. The molecule has 0 bridgehead atoms. The third-order valence-electron chi connectivity index (χ3n) is 3.93. The summed E-state index contributed by atoms with van der Waals surface area (Å²) in [6.07, 6.45) is 4.10. The van der Waals surface area contributed by atoms with Gasteiger partial charge in [-0.1, -0.05) is 18.6 Å². The molecule has 1 saturated carbocycles. The van der Waals surface area contributed by atoms with E-state index in [1.807, 2.05) is 12.1 Å². The third-order valence-corrected chi connectivity index (χ3v) is 6.09. The first-order valence-corrected chi connectivity index (χ1v) is 9.34. The van der Waals surface area contributed by atoms with Crippen molar-refractivity contribution in [1.82, 2.24) is 4.31 Å². The number of halogens is 1. The number of aliphatic hydroxyl groups is 1. The van der Waals surface area contributed by atoms with E-state index in [1.54, 1.807) is 16.4 Å². The largest absolute Gasteiger partial charge is 0.396 e. The fraction of sp³-hybridized carbons (Fsp3) is 0.600. The molecule has 0 spiro atoms. The average molecular weight is 332 g/mol. The highest BCUT2D eigenvalue weighted by Crippen LogP contribution is 2.30. The molecule has 1 aromatic rings. The molecule has 1 aliphatic carbocycles. The number of sulfonamides is 1. The van der Waals surface area contributed by atoms with Crippen LogP contribution in [0.25, 0.3) is 0 Å². The van der Waals surface area contributed by atoms with Crippen LogP contribution in [0.5, 0.6) is 0 Å². The molecule has 4 nitrogen and oxygen atoms in total. The van der Waals surface area contributed by atoms with Crippen LogP contribution < -0.4 is 0 Å². The first-order chi connectivity index (χ1) is 10.1. The lowest BCUT2D eigenvalue weighted by Crippen LogP contribution is -2.44. The van der Waals surface area contributed by atoms with Crippen molar-refractivity contribution in [3.05, 3.63) is 29.8 Å². The maximum atomic E-state index is 12.8. The number of hydrogen-bond donors (Lipinski definition) is 1. The van der Waals surface area contributed by atoms with E-state index in [9.17, 15) is 8.42 Å². The minimum Gasteiger partial charge on any atom is -0.396 e. The molecule has 0 saturated heterocycles. The molecule has 0 aliphatic heterocycles. The van der Waals surface area contributed by atoms with E-state index in [2.05, 4.69) is 0 Å². The molecule has 118 valence electrons. The van der Waals surface area contributed by atoms with Crippen LogP contribution in [0.4, 0.5) is 0 Å². The number of aliphatic hydroxyl groups excluding tert-OH is 1. The van der Waals surface area contributed by atoms with Gasteiger partial charge in [-0.05, 0) is 43.4 Å². The molecule has 6 heteroatoms. The van der Waals surface area contributed by atoms with Crippen LogP contribution in [0.1, 0.15) is 31.2 Å². The summed E-state index contributed by atoms with van der Waals surface area (Å²) in [6, 6.07) is 7.04. The highest BCUT2D eigenvalue weighted by Gasteiger charge is 2.34. The van der Waals surface area contributed by atoms with E-state index in [0.29, 0.717) is 23.7 Å².